The lowest BCUT2D eigenvalue weighted by molar-refractivity contribution is -0.129. The molecule has 45 heavy (non-hydrogen) atoms. The molecule has 0 spiro atoms. The standard InChI is InChI=1S/C36H36BrN3O5/c1-43-29-18-14-27(15-19-29)25-38-40-35(42)36(22-7-11-26-9-3-2-4-10-26)33(31-12-5-6-13-32(31)37)45-34(39-36)28-16-20-30(21-17-28)44-24-8-23-41/h2-7,9-21,33,38,41H,8,22-25H2,1H3,(H,40,42)/b11-7+/t33-,36-/m0/s1. The number of methoxy groups -OCH3 is 1. The van der Waals surface area contributed by atoms with Crippen molar-refractivity contribution < 1.29 is 24.1 Å². The number of carbonyl (C=O) groups excluding carboxylic acids is 1. The van der Waals surface area contributed by atoms with Crippen molar-refractivity contribution in [2.24, 2.45) is 4.99 Å². The molecule has 0 fully saturated rings. The normalized spacial score (nSPS) is 17.5. The number of hydrogen-bond donors (Lipinski definition) is 3. The van der Waals surface area contributed by atoms with E-state index in [2.05, 4.69) is 26.8 Å². The molecule has 0 aromatic heterocycles. The van der Waals surface area contributed by atoms with E-state index in [4.69, 9.17) is 24.3 Å². The first-order valence-electron chi connectivity index (χ1n) is 14.8. The average molecular weight is 671 g/mol. The highest BCUT2D eigenvalue weighted by Gasteiger charge is 2.53. The quantitative estimate of drug-likeness (QED) is 0.106. The first-order valence-corrected chi connectivity index (χ1v) is 15.5. The van der Waals surface area contributed by atoms with Crippen LogP contribution in [0.2, 0.25) is 0 Å². The van der Waals surface area contributed by atoms with Crippen LogP contribution in [0.25, 0.3) is 6.08 Å². The summed E-state index contributed by atoms with van der Waals surface area (Å²) in [6, 6.07) is 32.7. The summed E-state index contributed by atoms with van der Waals surface area (Å²) in [5.74, 6) is 1.47. The zero-order valence-electron chi connectivity index (χ0n) is 25.0. The van der Waals surface area contributed by atoms with Crippen LogP contribution in [0.4, 0.5) is 0 Å². The highest BCUT2D eigenvalue weighted by molar-refractivity contribution is 9.10. The van der Waals surface area contributed by atoms with Crippen molar-refractivity contribution in [3.8, 4) is 11.5 Å². The maximum atomic E-state index is 14.3. The van der Waals surface area contributed by atoms with Crippen molar-refractivity contribution in [1.82, 2.24) is 10.9 Å². The number of hydrazine groups is 1. The van der Waals surface area contributed by atoms with Crippen LogP contribution >= 0.6 is 15.9 Å². The molecule has 3 N–H and O–H groups in total. The Bertz CT molecular complexity index is 1610. The number of rotatable bonds is 14. The fraction of sp³-hybridized carbons (Fsp3) is 0.222. The van der Waals surface area contributed by atoms with Crippen LogP contribution in [0.3, 0.4) is 0 Å². The topological polar surface area (TPSA) is 101 Å². The third kappa shape index (κ3) is 7.99. The van der Waals surface area contributed by atoms with Gasteiger partial charge in [0.25, 0.3) is 5.91 Å². The summed E-state index contributed by atoms with van der Waals surface area (Å²) in [6.45, 7) is 0.884. The summed E-state index contributed by atoms with van der Waals surface area (Å²) >= 11 is 3.68. The number of nitrogens with zero attached hydrogens (tertiary/aromatic N) is 1. The van der Waals surface area contributed by atoms with Crippen LogP contribution in [0, 0.1) is 0 Å². The number of aliphatic hydroxyl groups excluding tert-OH is 1. The minimum absolute atomic E-state index is 0.0665. The number of halogens is 1. The smallest absolute Gasteiger partial charge is 0.266 e. The van der Waals surface area contributed by atoms with Gasteiger partial charge in [0.15, 0.2) is 11.6 Å². The van der Waals surface area contributed by atoms with Crippen LogP contribution in [0.5, 0.6) is 11.5 Å². The molecule has 0 aliphatic carbocycles. The second-order valence-electron chi connectivity index (χ2n) is 10.5. The zero-order valence-corrected chi connectivity index (χ0v) is 26.6. The fourth-order valence-corrected chi connectivity index (χ4v) is 5.49. The van der Waals surface area contributed by atoms with Gasteiger partial charge in [0.1, 0.15) is 11.5 Å². The summed E-state index contributed by atoms with van der Waals surface area (Å²) in [6.07, 6.45) is 4.05. The van der Waals surface area contributed by atoms with Gasteiger partial charge in [-0.05, 0) is 53.6 Å². The van der Waals surface area contributed by atoms with E-state index < -0.39 is 11.6 Å². The van der Waals surface area contributed by atoms with E-state index in [1.54, 1.807) is 7.11 Å². The van der Waals surface area contributed by atoms with Gasteiger partial charge in [0, 0.05) is 41.6 Å². The Morgan fingerprint density at radius 3 is 2.40 bits per heavy atom. The molecular weight excluding hydrogens is 634 g/mol. The van der Waals surface area contributed by atoms with E-state index in [0.29, 0.717) is 31.2 Å². The molecule has 0 saturated heterocycles. The summed E-state index contributed by atoms with van der Waals surface area (Å²) < 4.78 is 18.4. The Morgan fingerprint density at radius 2 is 1.69 bits per heavy atom. The molecule has 8 nitrogen and oxygen atoms in total. The van der Waals surface area contributed by atoms with Crippen LogP contribution in [-0.4, -0.2) is 42.8 Å². The number of amides is 1. The molecule has 2 atom stereocenters. The fourth-order valence-electron chi connectivity index (χ4n) is 5.00. The maximum Gasteiger partial charge on any atom is 0.266 e. The van der Waals surface area contributed by atoms with E-state index in [0.717, 1.165) is 32.5 Å². The summed E-state index contributed by atoms with van der Waals surface area (Å²) in [7, 11) is 1.63. The Labute approximate surface area is 271 Å². The van der Waals surface area contributed by atoms with Crippen molar-refractivity contribution in [2.45, 2.75) is 31.0 Å². The minimum atomic E-state index is -1.34. The first kappa shape index (κ1) is 32.0. The van der Waals surface area contributed by atoms with E-state index in [9.17, 15) is 4.79 Å². The predicted molar refractivity (Wildman–Crippen MR) is 179 cm³/mol. The highest BCUT2D eigenvalue weighted by Crippen LogP contribution is 2.45. The lowest BCUT2D eigenvalue weighted by atomic mass is 9.84. The third-order valence-corrected chi connectivity index (χ3v) is 8.13. The largest absolute Gasteiger partial charge is 0.497 e. The predicted octanol–water partition coefficient (Wildman–Crippen LogP) is 6.40. The lowest BCUT2D eigenvalue weighted by Crippen LogP contribution is -2.52. The van der Waals surface area contributed by atoms with E-state index >= 15 is 0 Å². The van der Waals surface area contributed by atoms with Gasteiger partial charge in [-0.3, -0.25) is 10.2 Å². The number of aliphatic imine (C=N–C) groups is 1. The molecule has 4 aromatic carbocycles. The van der Waals surface area contributed by atoms with Crippen LogP contribution < -0.4 is 20.3 Å². The number of carbonyl (C=O) groups is 1. The number of ether oxygens (including phenoxy) is 3. The average Bonchev–Trinajstić information content (AvgIpc) is 3.46. The Hall–Kier alpha value is -4.44. The van der Waals surface area contributed by atoms with Gasteiger partial charge in [-0.15, -0.1) is 0 Å². The maximum absolute atomic E-state index is 14.3. The molecule has 0 bridgehead atoms. The van der Waals surface area contributed by atoms with Gasteiger partial charge >= 0.3 is 0 Å². The van der Waals surface area contributed by atoms with E-state index in [1.165, 1.54) is 0 Å². The van der Waals surface area contributed by atoms with Crippen molar-refractivity contribution in [2.75, 3.05) is 20.3 Å². The second kappa shape index (κ2) is 15.5. The van der Waals surface area contributed by atoms with Crippen LogP contribution in [0.1, 0.15) is 41.2 Å². The molecule has 1 heterocycles. The van der Waals surface area contributed by atoms with E-state index in [1.807, 2.05) is 115 Å². The lowest BCUT2D eigenvalue weighted by Gasteiger charge is -2.30. The van der Waals surface area contributed by atoms with E-state index in [-0.39, 0.29) is 18.9 Å². The van der Waals surface area contributed by atoms with Gasteiger partial charge in [-0.1, -0.05) is 88.7 Å². The molecule has 1 aliphatic rings. The molecule has 5 rings (SSSR count). The molecule has 4 aromatic rings. The molecular formula is C36H36BrN3O5. The Balaban J connectivity index is 1.48. The van der Waals surface area contributed by atoms with Gasteiger partial charge in [-0.2, -0.15) is 0 Å². The van der Waals surface area contributed by atoms with Crippen LogP contribution in [-0.2, 0) is 16.1 Å². The second-order valence-corrected chi connectivity index (χ2v) is 11.3. The monoisotopic (exact) mass is 669 g/mol. The highest BCUT2D eigenvalue weighted by atomic mass is 79.9. The van der Waals surface area contributed by atoms with Gasteiger partial charge in [0.2, 0.25) is 5.90 Å². The number of benzene rings is 4. The number of hydrogen-bond acceptors (Lipinski definition) is 7. The summed E-state index contributed by atoms with van der Waals surface area (Å²) in [5.41, 5.74) is 8.18. The van der Waals surface area contributed by atoms with Gasteiger partial charge in [0.05, 0.1) is 13.7 Å². The summed E-state index contributed by atoms with van der Waals surface area (Å²) in [5, 5.41) is 9.06. The van der Waals surface area contributed by atoms with Crippen molar-refractivity contribution in [1.29, 1.82) is 0 Å². The molecule has 232 valence electrons. The molecule has 0 unspecified atom stereocenters. The van der Waals surface area contributed by atoms with Crippen molar-refractivity contribution in [3.63, 3.8) is 0 Å². The third-order valence-electron chi connectivity index (χ3n) is 7.41. The number of aliphatic hydroxyl groups is 1. The Morgan fingerprint density at radius 1 is 0.978 bits per heavy atom. The zero-order chi connectivity index (χ0) is 31.5. The molecule has 1 aliphatic heterocycles. The molecule has 0 radical (unpaired) electrons. The summed E-state index contributed by atoms with van der Waals surface area (Å²) in [4.78, 5) is 19.4. The molecule has 0 saturated carbocycles. The van der Waals surface area contributed by atoms with Gasteiger partial charge in [-0.25, -0.2) is 10.4 Å². The molecule has 9 heteroatoms. The SMILES string of the molecule is COc1ccc(CNNC(=O)[C@@]2(C/C=C/c3ccccc3)N=C(c3ccc(OCCCO)cc3)O[C@H]2c2ccccc2Br)cc1. The molecule has 1 amide bonds. The van der Waals surface area contributed by atoms with Gasteiger partial charge < -0.3 is 19.3 Å². The number of nitrogens with one attached hydrogen (secondary N) is 2. The first-order chi connectivity index (χ1) is 22.0. The minimum Gasteiger partial charge on any atom is -0.497 e. The van der Waals surface area contributed by atoms with Crippen LogP contribution in [0.15, 0.2) is 119 Å². The Kier molecular flexibility index (Phi) is 11.0. The van der Waals surface area contributed by atoms with Crippen molar-refractivity contribution in [3.05, 3.63) is 136 Å². The van der Waals surface area contributed by atoms with Crippen molar-refractivity contribution >= 4 is 33.8 Å².